The maximum Gasteiger partial charge on any atom is 0.100 e. The summed E-state index contributed by atoms with van der Waals surface area (Å²) < 4.78 is 0.864. The number of hydrogen-bond acceptors (Lipinski definition) is 2. The second-order valence-electron chi connectivity index (χ2n) is 4.17. The van der Waals surface area contributed by atoms with E-state index >= 15 is 0 Å². The molecule has 3 heteroatoms. The first-order valence-electron chi connectivity index (χ1n) is 5.49. The van der Waals surface area contributed by atoms with Crippen LogP contribution in [0.5, 0.6) is 0 Å². The molecule has 0 N–H and O–H groups in total. The summed E-state index contributed by atoms with van der Waals surface area (Å²) in [6.45, 7) is 5.48. The van der Waals surface area contributed by atoms with Crippen LogP contribution in [-0.4, -0.2) is 13.6 Å². The van der Waals surface area contributed by atoms with E-state index in [1.165, 1.54) is 6.42 Å². The molecule has 1 aromatic rings. The Morgan fingerprint density at radius 1 is 1.50 bits per heavy atom. The van der Waals surface area contributed by atoms with Crippen molar-refractivity contribution >= 4 is 21.6 Å². The van der Waals surface area contributed by atoms with Gasteiger partial charge in [-0.2, -0.15) is 5.26 Å². The molecule has 1 rings (SSSR count). The summed E-state index contributed by atoms with van der Waals surface area (Å²) in [5.74, 6) is 0.680. The lowest BCUT2D eigenvalue weighted by molar-refractivity contribution is 0.560. The van der Waals surface area contributed by atoms with E-state index in [2.05, 4.69) is 47.8 Å². The summed E-state index contributed by atoms with van der Waals surface area (Å²) in [6.07, 6.45) is 1.18. The number of anilines is 1. The normalized spacial score (nSPS) is 11.9. The van der Waals surface area contributed by atoms with Gasteiger partial charge in [0.25, 0.3) is 0 Å². The zero-order valence-corrected chi connectivity index (χ0v) is 11.6. The lowest BCUT2D eigenvalue weighted by Gasteiger charge is -2.23. The van der Waals surface area contributed by atoms with Gasteiger partial charge in [-0.25, -0.2) is 0 Å². The Morgan fingerprint density at radius 3 is 2.69 bits per heavy atom. The van der Waals surface area contributed by atoms with Gasteiger partial charge in [0, 0.05) is 23.8 Å². The van der Waals surface area contributed by atoms with Crippen LogP contribution in [0.4, 0.5) is 5.69 Å². The van der Waals surface area contributed by atoms with E-state index in [9.17, 15) is 0 Å². The Bertz CT molecular complexity index is 395. The molecule has 1 aromatic carbocycles. The molecule has 0 heterocycles. The Morgan fingerprint density at radius 2 is 2.19 bits per heavy atom. The third-order valence-electron chi connectivity index (χ3n) is 2.80. The van der Waals surface area contributed by atoms with Crippen molar-refractivity contribution in [2.75, 3.05) is 18.5 Å². The maximum absolute atomic E-state index is 8.84. The number of nitrogens with zero attached hydrogens (tertiary/aromatic N) is 2. The molecule has 0 aliphatic heterocycles. The highest BCUT2D eigenvalue weighted by molar-refractivity contribution is 9.10. The van der Waals surface area contributed by atoms with Crippen LogP contribution in [0.3, 0.4) is 0 Å². The molecule has 0 saturated heterocycles. The highest BCUT2D eigenvalue weighted by Crippen LogP contribution is 2.23. The number of halogens is 1. The second kappa shape index (κ2) is 5.91. The SMILES string of the molecule is CCC(C)CN(C)c1ccc(C#N)c(Br)c1. The molecule has 0 amide bonds. The average Bonchev–Trinajstić information content (AvgIpc) is 2.28. The van der Waals surface area contributed by atoms with E-state index in [0.717, 1.165) is 16.7 Å². The zero-order valence-electron chi connectivity index (χ0n) is 10.00. The van der Waals surface area contributed by atoms with Crippen molar-refractivity contribution in [3.05, 3.63) is 28.2 Å². The largest absolute Gasteiger partial charge is 0.374 e. The van der Waals surface area contributed by atoms with Crippen molar-refractivity contribution in [2.45, 2.75) is 20.3 Å². The van der Waals surface area contributed by atoms with E-state index in [-0.39, 0.29) is 0 Å². The van der Waals surface area contributed by atoms with Crippen molar-refractivity contribution in [1.82, 2.24) is 0 Å². The molecule has 0 saturated carbocycles. The molecule has 0 aliphatic carbocycles. The van der Waals surface area contributed by atoms with Gasteiger partial charge in [0.05, 0.1) is 5.56 Å². The molecule has 0 aromatic heterocycles. The minimum atomic E-state index is 0.680. The monoisotopic (exact) mass is 280 g/mol. The minimum Gasteiger partial charge on any atom is -0.374 e. The third kappa shape index (κ3) is 3.24. The zero-order chi connectivity index (χ0) is 12.1. The van der Waals surface area contributed by atoms with Crippen LogP contribution in [0.15, 0.2) is 22.7 Å². The summed E-state index contributed by atoms with van der Waals surface area (Å²) in [5.41, 5.74) is 1.83. The molecule has 1 atom stereocenters. The van der Waals surface area contributed by atoms with E-state index in [0.29, 0.717) is 11.5 Å². The third-order valence-corrected chi connectivity index (χ3v) is 3.45. The van der Waals surface area contributed by atoms with Gasteiger partial charge in [-0.15, -0.1) is 0 Å². The van der Waals surface area contributed by atoms with Gasteiger partial charge in [0.15, 0.2) is 0 Å². The predicted octanol–water partition coefficient (Wildman–Crippen LogP) is 3.80. The standard InChI is InChI=1S/C13H17BrN2/c1-4-10(2)9-16(3)12-6-5-11(8-15)13(14)7-12/h5-7,10H,4,9H2,1-3H3. The number of benzene rings is 1. The first-order chi connectivity index (χ1) is 7.58. The maximum atomic E-state index is 8.84. The summed E-state index contributed by atoms with van der Waals surface area (Å²) in [5, 5.41) is 8.84. The summed E-state index contributed by atoms with van der Waals surface area (Å²) in [6, 6.07) is 7.99. The van der Waals surface area contributed by atoms with Gasteiger partial charge >= 0.3 is 0 Å². The lowest BCUT2D eigenvalue weighted by Crippen LogP contribution is -2.23. The van der Waals surface area contributed by atoms with Gasteiger partial charge in [-0.1, -0.05) is 20.3 Å². The molecular formula is C13H17BrN2. The quantitative estimate of drug-likeness (QED) is 0.839. The van der Waals surface area contributed by atoms with Gasteiger partial charge in [-0.05, 0) is 40.0 Å². The first-order valence-corrected chi connectivity index (χ1v) is 6.28. The summed E-state index contributed by atoms with van der Waals surface area (Å²) in [4.78, 5) is 2.22. The molecule has 16 heavy (non-hydrogen) atoms. The highest BCUT2D eigenvalue weighted by atomic mass is 79.9. The van der Waals surface area contributed by atoms with Crippen LogP contribution in [0.2, 0.25) is 0 Å². The Kier molecular flexibility index (Phi) is 4.82. The Labute approximate surface area is 106 Å². The van der Waals surface area contributed by atoms with Crippen LogP contribution in [0.25, 0.3) is 0 Å². The molecule has 0 bridgehead atoms. The van der Waals surface area contributed by atoms with Crippen molar-refractivity contribution in [3.63, 3.8) is 0 Å². The van der Waals surface area contributed by atoms with Crippen molar-refractivity contribution in [1.29, 1.82) is 5.26 Å². The number of rotatable bonds is 4. The molecule has 0 aliphatic rings. The van der Waals surface area contributed by atoms with Crippen LogP contribution >= 0.6 is 15.9 Å². The number of hydrogen-bond donors (Lipinski definition) is 0. The van der Waals surface area contributed by atoms with Crippen LogP contribution in [0.1, 0.15) is 25.8 Å². The van der Waals surface area contributed by atoms with Crippen LogP contribution in [-0.2, 0) is 0 Å². The first kappa shape index (κ1) is 13.1. The molecule has 2 nitrogen and oxygen atoms in total. The van der Waals surface area contributed by atoms with Crippen LogP contribution < -0.4 is 4.90 Å². The minimum absolute atomic E-state index is 0.680. The molecule has 0 spiro atoms. The van der Waals surface area contributed by atoms with Gasteiger partial charge < -0.3 is 4.90 Å². The summed E-state index contributed by atoms with van der Waals surface area (Å²) >= 11 is 3.41. The fourth-order valence-electron chi connectivity index (χ4n) is 1.53. The van der Waals surface area contributed by atoms with E-state index < -0.39 is 0 Å². The fraction of sp³-hybridized carbons (Fsp3) is 0.462. The predicted molar refractivity (Wildman–Crippen MR) is 71.6 cm³/mol. The van der Waals surface area contributed by atoms with Gasteiger partial charge in [0.2, 0.25) is 0 Å². The smallest absolute Gasteiger partial charge is 0.100 e. The van der Waals surface area contributed by atoms with Crippen molar-refractivity contribution in [3.8, 4) is 6.07 Å². The van der Waals surface area contributed by atoms with Gasteiger partial charge in [-0.3, -0.25) is 0 Å². The lowest BCUT2D eigenvalue weighted by atomic mass is 10.1. The average molecular weight is 281 g/mol. The molecule has 1 unspecified atom stereocenters. The molecule has 86 valence electrons. The van der Waals surface area contributed by atoms with Crippen molar-refractivity contribution in [2.24, 2.45) is 5.92 Å². The van der Waals surface area contributed by atoms with Gasteiger partial charge in [0.1, 0.15) is 6.07 Å². The molecular weight excluding hydrogens is 264 g/mol. The van der Waals surface area contributed by atoms with Crippen LogP contribution in [0, 0.1) is 17.2 Å². The Balaban J connectivity index is 2.81. The highest BCUT2D eigenvalue weighted by Gasteiger charge is 2.07. The summed E-state index contributed by atoms with van der Waals surface area (Å²) in [7, 11) is 2.08. The molecule has 0 radical (unpaired) electrons. The second-order valence-corrected chi connectivity index (χ2v) is 5.02. The fourth-order valence-corrected chi connectivity index (χ4v) is 1.99. The topological polar surface area (TPSA) is 27.0 Å². The van der Waals surface area contributed by atoms with E-state index in [4.69, 9.17) is 5.26 Å². The molecule has 0 fully saturated rings. The van der Waals surface area contributed by atoms with Crippen molar-refractivity contribution < 1.29 is 0 Å². The number of nitriles is 1. The van der Waals surface area contributed by atoms with E-state index in [1.54, 1.807) is 0 Å². The van der Waals surface area contributed by atoms with E-state index in [1.807, 2.05) is 18.2 Å². The Hall–Kier alpha value is -1.01.